The van der Waals surface area contributed by atoms with Crippen molar-refractivity contribution in [3.63, 3.8) is 0 Å². The van der Waals surface area contributed by atoms with E-state index in [1.807, 2.05) is 0 Å². The van der Waals surface area contributed by atoms with Gasteiger partial charge in [0.25, 0.3) is 15.7 Å². The van der Waals surface area contributed by atoms with Gasteiger partial charge in [-0.2, -0.15) is 13.5 Å². The van der Waals surface area contributed by atoms with E-state index in [1.54, 1.807) is 0 Å². The Balaban J connectivity index is 1.78. The van der Waals surface area contributed by atoms with Crippen molar-refractivity contribution in [1.82, 2.24) is 9.19 Å². The summed E-state index contributed by atoms with van der Waals surface area (Å²) in [5.74, 6) is 0.257. The van der Waals surface area contributed by atoms with Crippen LogP contribution in [0.15, 0.2) is 51.7 Å². The summed E-state index contributed by atoms with van der Waals surface area (Å²) in [5.41, 5.74) is -0.242. The molecule has 0 spiro atoms. The maximum atomic E-state index is 12.9. The topological polar surface area (TPSA) is 141 Å². The van der Waals surface area contributed by atoms with Crippen molar-refractivity contribution in [2.75, 3.05) is 12.4 Å². The van der Waals surface area contributed by atoms with Crippen LogP contribution in [0.3, 0.4) is 0 Å². The summed E-state index contributed by atoms with van der Waals surface area (Å²) in [7, 11) is -2.71. The number of nitro groups is 1. The Labute approximate surface area is 179 Å². The summed E-state index contributed by atoms with van der Waals surface area (Å²) in [6.07, 6.45) is 1.15. The molecule has 1 N–H and O–H groups in total. The molecular formula is C16H10Cl2N6O5S. The van der Waals surface area contributed by atoms with E-state index in [1.165, 1.54) is 37.4 Å². The molecule has 1 aliphatic rings. The van der Waals surface area contributed by atoms with Crippen LogP contribution in [0.1, 0.15) is 0 Å². The number of benzene rings is 2. The predicted molar refractivity (Wildman–Crippen MR) is 108 cm³/mol. The van der Waals surface area contributed by atoms with E-state index in [0.717, 1.165) is 10.3 Å². The Hall–Kier alpha value is -3.22. The van der Waals surface area contributed by atoms with Gasteiger partial charge >= 0.3 is 0 Å². The van der Waals surface area contributed by atoms with Crippen LogP contribution in [-0.4, -0.2) is 29.6 Å². The van der Waals surface area contributed by atoms with Gasteiger partial charge in [-0.15, -0.1) is 14.3 Å². The Kier molecular flexibility index (Phi) is 4.84. The molecule has 14 heteroatoms. The molecule has 0 radical (unpaired) electrons. The minimum Gasteiger partial charge on any atom is -0.496 e. The molecule has 2 aromatic carbocycles. The fourth-order valence-corrected chi connectivity index (χ4v) is 4.84. The number of hydrogen-bond acceptors (Lipinski definition) is 9. The first kappa shape index (κ1) is 20.1. The summed E-state index contributed by atoms with van der Waals surface area (Å²) >= 11 is 12.1. The second kappa shape index (κ2) is 7.23. The third-order valence-corrected chi connectivity index (χ3v) is 6.26. The SMILES string of the molecule is COc1ccc(N=Nc2cnn3c2Nc2c(Cl)cc(Cl)cc2S3(=O)=O)c([N+](=O)[O-])c1. The lowest BCUT2D eigenvalue weighted by molar-refractivity contribution is -0.384. The van der Waals surface area contributed by atoms with Gasteiger partial charge in [-0.25, -0.2) is 0 Å². The molecule has 0 amide bonds. The van der Waals surface area contributed by atoms with E-state index in [2.05, 4.69) is 20.6 Å². The highest BCUT2D eigenvalue weighted by atomic mass is 35.5. The van der Waals surface area contributed by atoms with Crippen LogP contribution in [0.2, 0.25) is 10.0 Å². The highest BCUT2D eigenvalue weighted by Crippen LogP contribution is 2.43. The third-order valence-electron chi connectivity index (χ3n) is 4.13. The van der Waals surface area contributed by atoms with Crippen LogP contribution in [0, 0.1) is 10.1 Å². The van der Waals surface area contributed by atoms with E-state index in [9.17, 15) is 18.5 Å². The zero-order chi connectivity index (χ0) is 21.6. The number of fused-ring (bicyclic) bond motifs is 2. The number of nitrogens with zero attached hydrogens (tertiary/aromatic N) is 5. The number of ether oxygens (including phenoxy) is 1. The standard InChI is InChI=1S/C16H10Cl2N6O5S/c1-29-9-2-3-11(13(6-9)24(25)26)21-22-12-7-19-23-16(12)20-15-10(18)4-8(17)5-14(15)30(23,27)28/h2-7,20H,1H3. The fraction of sp³-hybridized carbons (Fsp3) is 0.0625. The molecule has 4 rings (SSSR count). The number of rotatable bonds is 4. The van der Waals surface area contributed by atoms with Gasteiger partial charge in [0.05, 0.1) is 35.0 Å². The first-order chi connectivity index (χ1) is 14.2. The molecular weight excluding hydrogens is 459 g/mol. The smallest absolute Gasteiger partial charge is 0.300 e. The van der Waals surface area contributed by atoms with Gasteiger partial charge < -0.3 is 10.1 Å². The second-order valence-electron chi connectivity index (χ2n) is 5.92. The summed E-state index contributed by atoms with van der Waals surface area (Å²) in [4.78, 5) is 10.5. The molecule has 0 bridgehead atoms. The average molecular weight is 469 g/mol. The van der Waals surface area contributed by atoms with Crippen LogP contribution < -0.4 is 10.1 Å². The molecule has 3 aromatic rings. The molecule has 1 aromatic heterocycles. The largest absolute Gasteiger partial charge is 0.496 e. The highest BCUT2D eigenvalue weighted by Gasteiger charge is 2.33. The molecule has 0 saturated heterocycles. The zero-order valence-electron chi connectivity index (χ0n) is 14.9. The average Bonchev–Trinajstić information content (AvgIpc) is 3.11. The number of azo groups is 1. The van der Waals surface area contributed by atoms with E-state index < -0.39 is 14.9 Å². The lowest BCUT2D eigenvalue weighted by Gasteiger charge is -2.21. The molecule has 0 atom stereocenters. The molecule has 11 nitrogen and oxygen atoms in total. The lowest BCUT2D eigenvalue weighted by Crippen LogP contribution is -2.22. The second-order valence-corrected chi connectivity index (χ2v) is 8.50. The van der Waals surface area contributed by atoms with Gasteiger partial charge in [-0.05, 0) is 24.3 Å². The lowest BCUT2D eigenvalue weighted by atomic mass is 10.2. The Morgan fingerprint density at radius 3 is 2.63 bits per heavy atom. The van der Waals surface area contributed by atoms with E-state index >= 15 is 0 Å². The van der Waals surface area contributed by atoms with Crippen molar-refractivity contribution >= 4 is 61.8 Å². The van der Waals surface area contributed by atoms with Crippen LogP contribution in [0.4, 0.5) is 28.6 Å². The monoisotopic (exact) mass is 468 g/mol. The van der Waals surface area contributed by atoms with Crippen molar-refractivity contribution in [2.45, 2.75) is 4.90 Å². The number of anilines is 2. The Morgan fingerprint density at radius 1 is 1.20 bits per heavy atom. The van der Waals surface area contributed by atoms with Gasteiger partial charge in [0.2, 0.25) is 0 Å². The van der Waals surface area contributed by atoms with Crippen molar-refractivity contribution in [2.24, 2.45) is 10.2 Å². The third kappa shape index (κ3) is 3.24. The maximum Gasteiger partial charge on any atom is 0.300 e. The molecule has 0 aliphatic carbocycles. The first-order valence-electron chi connectivity index (χ1n) is 8.06. The van der Waals surface area contributed by atoms with Gasteiger partial charge in [-0.3, -0.25) is 10.1 Å². The minimum atomic E-state index is -4.09. The van der Waals surface area contributed by atoms with E-state index in [0.29, 0.717) is 0 Å². The molecule has 0 saturated carbocycles. The number of nitrogens with one attached hydrogen (secondary N) is 1. The predicted octanol–water partition coefficient (Wildman–Crippen LogP) is 4.82. The maximum absolute atomic E-state index is 12.9. The van der Waals surface area contributed by atoms with E-state index in [4.69, 9.17) is 27.9 Å². The molecule has 1 aliphatic heterocycles. The number of methoxy groups -OCH3 is 1. The summed E-state index contributed by atoms with van der Waals surface area (Å²) in [6.45, 7) is 0. The molecule has 0 unspecified atom stereocenters. The van der Waals surface area contributed by atoms with Crippen LogP contribution >= 0.6 is 23.2 Å². The van der Waals surface area contributed by atoms with Gasteiger partial charge in [0.1, 0.15) is 16.3 Å². The zero-order valence-corrected chi connectivity index (χ0v) is 17.2. The van der Waals surface area contributed by atoms with Gasteiger partial charge in [0, 0.05) is 5.02 Å². The molecule has 0 fully saturated rings. The van der Waals surface area contributed by atoms with Crippen molar-refractivity contribution in [3.05, 3.63) is 56.7 Å². The number of halogens is 2. The summed E-state index contributed by atoms with van der Waals surface area (Å²) in [5, 5.41) is 26.0. The molecule has 2 heterocycles. The Morgan fingerprint density at radius 2 is 1.93 bits per heavy atom. The quantitative estimate of drug-likeness (QED) is 0.257. The fourth-order valence-electron chi connectivity index (χ4n) is 2.75. The van der Waals surface area contributed by atoms with Crippen molar-refractivity contribution < 1.29 is 18.1 Å². The van der Waals surface area contributed by atoms with Crippen LogP contribution in [-0.2, 0) is 10.0 Å². The van der Waals surface area contributed by atoms with Crippen LogP contribution in [0.5, 0.6) is 5.75 Å². The first-order valence-corrected chi connectivity index (χ1v) is 10.3. The minimum absolute atomic E-state index is 0.0216. The van der Waals surface area contributed by atoms with Crippen LogP contribution in [0.25, 0.3) is 0 Å². The Bertz CT molecular complexity index is 1340. The molecule has 30 heavy (non-hydrogen) atoms. The molecule has 154 valence electrons. The number of nitro benzene ring substituents is 1. The number of aromatic nitrogens is 2. The summed E-state index contributed by atoms with van der Waals surface area (Å²) in [6, 6.07) is 6.67. The number of hydrogen-bond donors (Lipinski definition) is 1. The van der Waals surface area contributed by atoms with Crippen molar-refractivity contribution in [1.29, 1.82) is 0 Å². The van der Waals surface area contributed by atoms with Gasteiger partial charge in [-0.1, -0.05) is 23.2 Å². The highest BCUT2D eigenvalue weighted by molar-refractivity contribution is 7.90. The van der Waals surface area contributed by atoms with E-state index in [-0.39, 0.29) is 49.3 Å². The normalized spacial score (nSPS) is 14.1. The van der Waals surface area contributed by atoms with Gasteiger partial charge in [0.15, 0.2) is 11.5 Å². The summed E-state index contributed by atoms with van der Waals surface area (Å²) < 4.78 is 31.4. The van der Waals surface area contributed by atoms with Crippen molar-refractivity contribution in [3.8, 4) is 5.75 Å².